The average molecular weight is 988 g/mol. The van der Waals surface area contributed by atoms with Gasteiger partial charge in [0.15, 0.2) is 18.7 Å². The summed E-state index contributed by atoms with van der Waals surface area (Å²) in [4.78, 5) is 44.1. The highest BCUT2D eigenvalue weighted by Crippen LogP contribution is 2.42. The fraction of sp³-hybridized carbons (Fsp3) is 0.812. The van der Waals surface area contributed by atoms with Crippen LogP contribution >= 0.6 is 15.9 Å². The van der Waals surface area contributed by atoms with Crippen LogP contribution in [-0.2, 0) is 58.6 Å². The van der Waals surface area contributed by atoms with Gasteiger partial charge in [0.05, 0.1) is 42.0 Å². The molecule has 3 fully saturated rings. The fourth-order valence-electron chi connectivity index (χ4n) is 10.4. The van der Waals surface area contributed by atoms with Gasteiger partial charge in [-0.3, -0.25) is 9.59 Å². The molecule has 1 aromatic rings. The van der Waals surface area contributed by atoms with E-state index >= 15 is 0 Å². The number of likely N-dealkylation sites (N-methyl/N-ethyl adjacent to an activating group) is 1. The Balaban J connectivity index is 1.75. The molecule has 3 aliphatic rings. The summed E-state index contributed by atoms with van der Waals surface area (Å²) in [5.41, 5.74) is -3.11. The number of aliphatic hydroxyl groups is 2. The van der Waals surface area contributed by atoms with Gasteiger partial charge in [-0.1, -0.05) is 61.8 Å². The number of hydrogen-bond acceptors (Lipinski definition) is 15. The van der Waals surface area contributed by atoms with Gasteiger partial charge in [-0.15, -0.1) is 0 Å². The van der Waals surface area contributed by atoms with Crippen molar-refractivity contribution in [2.75, 3.05) is 42.0 Å². The Labute approximate surface area is 395 Å². The maximum Gasteiger partial charge on any atom is 0.407 e. The Kier molecular flexibility index (Phi) is 19.9. The molecule has 0 unspecified atom stereocenters. The molecule has 3 aliphatic heterocycles. The molecule has 0 aliphatic carbocycles. The van der Waals surface area contributed by atoms with E-state index in [-0.39, 0.29) is 37.2 Å². The van der Waals surface area contributed by atoms with Gasteiger partial charge < -0.3 is 63.1 Å². The Morgan fingerprint density at radius 2 is 1.54 bits per heavy atom. The van der Waals surface area contributed by atoms with E-state index in [9.17, 15) is 24.6 Å². The van der Waals surface area contributed by atoms with Crippen molar-refractivity contribution in [2.45, 2.75) is 186 Å². The molecule has 0 bridgehead atoms. The standard InChI is InChI=1S/C48H79BrN2O14/c1-16-35-48(10,56)41(57-13)28(4)37(52)26(2)24-46(8,58-14)40(64-44-38(53)34(51(11)12)23-27(3)60-44)29(5)39(30(6)43(54)62-35)63-36-25-47(9,59-15)42(31(7)61-36)65-45(55)50-22-21-32-19-17-18-20-33(32)49/h17-20,26-31,34-36,38-42,44,53,56H,16,21-25H2,1-15H3,(H,50,55)/t26-,27-,28+,29+,30-,31+,34+,35-,36+,38-,39+,40-,41-,42+,44+,46-,47-,48-/m1/s1. The number of halogens is 1. The van der Waals surface area contributed by atoms with E-state index in [1.165, 1.54) is 28.3 Å². The lowest BCUT2D eigenvalue weighted by molar-refractivity contribution is -0.319. The molecule has 16 nitrogen and oxygen atoms in total. The molecule has 0 aromatic heterocycles. The van der Waals surface area contributed by atoms with Crippen molar-refractivity contribution in [3.8, 4) is 0 Å². The lowest BCUT2D eigenvalue weighted by Crippen LogP contribution is -2.62. The van der Waals surface area contributed by atoms with E-state index in [1.807, 2.05) is 71.0 Å². The fourth-order valence-corrected chi connectivity index (χ4v) is 10.9. The molecule has 0 spiro atoms. The van der Waals surface area contributed by atoms with E-state index in [0.29, 0.717) is 19.4 Å². The van der Waals surface area contributed by atoms with Crippen LogP contribution in [0, 0.1) is 23.7 Å². The Hall–Kier alpha value is -2.29. The third-order valence-corrected chi connectivity index (χ3v) is 15.1. The Morgan fingerprint density at radius 1 is 0.908 bits per heavy atom. The summed E-state index contributed by atoms with van der Waals surface area (Å²) in [7, 11) is 8.26. The van der Waals surface area contributed by atoms with Crippen molar-refractivity contribution in [3.63, 3.8) is 0 Å². The van der Waals surface area contributed by atoms with Crippen LogP contribution in [-0.4, -0.2) is 159 Å². The number of nitrogens with one attached hydrogen (secondary N) is 1. The normalized spacial score (nSPS) is 41.4. The number of nitrogens with zero attached hydrogens (tertiary/aromatic N) is 1. The van der Waals surface area contributed by atoms with E-state index in [0.717, 1.165) is 10.0 Å². The maximum absolute atomic E-state index is 14.6. The third kappa shape index (κ3) is 12.9. The van der Waals surface area contributed by atoms with Crippen molar-refractivity contribution >= 4 is 33.8 Å². The van der Waals surface area contributed by atoms with E-state index in [1.54, 1.807) is 34.6 Å². The summed E-state index contributed by atoms with van der Waals surface area (Å²) >= 11 is 3.55. The molecule has 3 heterocycles. The minimum Gasteiger partial charge on any atom is -0.459 e. The zero-order valence-electron chi connectivity index (χ0n) is 41.3. The number of cyclic esters (lactones) is 1. The molecular formula is C48H79BrN2O14. The van der Waals surface area contributed by atoms with Crippen LogP contribution in [0.4, 0.5) is 4.79 Å². The van der Waals surface area contributed by atoms with Crippen molar-refractivity contribution in [1.82, 2.24) is 10.2 Å². The number of amides is 1. The second-order valence-electron chi connectivity index (χ2n) is 19.5. The lowest BCUT2D eigenvalue weighted by Gasteiger charge is -2.50. The molecule has 0 radical (unpaired) electrons. The van der Waals surface area contributed by atoms with Gasteiger partial charge in [-0.2, -0.15) is 0 Å². The maximum atomic E-state index is 14.6. The first-order valence-corrected chi connectivity index (χ1v) is 23.9. The zero-order chi connectivity index (χ0) is 48.8. The topological polar surface area (TPSA) is 190 Å². The summed E-state index contributed by atoms with van der Waals surface area (Å²) < 4.78 is 58.2. The Morgan fingerprint density at radius 3 is 2.12 bits per heavy atom. The predicted molar refractivity (Wildman–Crippen MR) is 246 cm³/mol. The molecule has 18 atom stereocenters. The molecule has 17 heteroatoms. The predicted octanol–water partition coefficient (Wildman–Crippen LogP) is 5.83. The molecule has 3 saturated heterocycles. The van der Waals surface area contributed by atoms with Crippen LogP contribution in [0.5, 0.6) is 0 Å². The highest BCUT2D eigenvalue weighted by Gasteiger charge is 2.55. The first-order chi connectivity index (χ1) is 30.4. The van der Waals surface area contributed by atoms with Gasteiger partial charge in [0.25, 0.3) is 0 Å². The SMILES string of the molecule is CC[C@H]1OC(=O)[C@H](C)[C@@H](O[C@H]2C[C@@](C)(OC)[C@@H](OC(=O)NCCc3ccccc3Br)[C@H](C)O2)[C@H](C)[C@@H](O[C@@H]2O[C@H](C)C[C@H](N(C)C)[C@H]2O)[C@](C)(OC)C[C@@H](C)C(=O)[C@H](C)[C@@H](OC)[C@]1(C)O. The number of methoxy groups -OCH3 is 3. The minimum atomic E-state index is -1.77. The molecule has 4 rings (SSSR count). The third-order valence-electron chi connectivity index (χ3n) is 14.3. The van der Waals surface area contributed by atoms with Gasteiger partial charge in [0, 0.05) is 62.6 Å². The Bertz CT molecular complexity index is 1720. The molecule has 1 amide bonds. The van der Waals surface area contributed by atoms with Crippen LogP contribution in [0.1, 0.15) is 100 Å². The van der Waals surface area contributed by atoms with Gasteiger partial charge in [0.1, 0.15) is 29.2 Å². The van der Waals surface area contributed by atoms with Gasteiger partial charge in [-0.25, -0.2) is 4.79 Å². The van der Waals surface area contributed by atoms with Crippen LogP contribution < -0.4 is 5.32 Å². The monoisotopic (exact) mass is 986 g/mol. The highest BCUT2D eigenvalue weighted by atomic mass is 79.9. The number of carbonyl (C=O) groups is 3. The van der Waals surface area contributed by atoms with E-state index in [4.69, 9.17) is 42.6 Å². The van der Waals surface area contributed by atoms with Crippen LogP contribution in [0.2, 0.25) is 0 Å². The van der Waals surface area contributed by atoms with Gasteiger partial charge >= 0.3 is 12.1 Å². The number of rotatable bonds is 13. The molecule has 372 valence electrons. The molecule has 65 heavy (non-hydrogen) atoms. The number of esters is 1. The molecular weight excluding hydrogens is 908 g/mol. The second-order valence-corrected chi connectivity index (χ2v) is 20.3. The van der Waals surface area contributed by atoms with Crippen molar-refractivity contribution in [2.24, 2.45) is 23.7 Å². The van der Waals surface area contributed by atoms with Crippen molar-refractivity contribution in [3.05, 3.63) is 34.3 Å². The highest BCUT2D eigenvalue weighted by molar-refractivity contribution is 9.10. The largest absolute Gasteiger partial charge is 0.459 e. The van der Waals surface area contributed by atoms with Crippen LogP contribution in [0.15, 0.2) is 28.7 Å². The lowest BCUT2D eigenvalue weighted by atomic mass is 9.73. The first-order valence-electron chi connectivity index (χ1n) is 23.1. The quantitative estimate of drug-likeness (QED) is 0.200. The van der Waals surface area contributed by atoms with Crippen molar-refractivity contribution in [1.29, 1.82) is 0 Å². The van der Waals surface area contributed by atoms with Gasteiger partial charge in [-0.05, 0) is 93.0 Å². The molecule has 1 aromatic carbocycles. The summed E-state index contributed by atoms with van der Waals surface area (Å²) in [6.07, 6.45) is -8.28. The van der Waals surface area contributed by atoms with Crippen LogP contribution in [0.3, 0.4) is 0 Å². The van der Waals surface area contributed by atoms with Gasteiger partial charge in [0.2, 0.25) is 0 Å². The zero-order valence-corrected chi connectivity index (χ0v) is 42.9. The number of ether oxygens (including phenoxy) is 9. The minimum absolute atomic E-state index is 0.0819. The molecule has 0 saturated carbocycles. The van der Waals surface area contributed by atoms with E-state index in [2.05, 4.69) is 21.2 Å². The average Bonchev–Trinajstić information content (AvgIpc) is 3.25. The number of aliphatic hydroxyl groups excluding tert-OH is 1. The summed E-state index contributed by atoms with van der Waals surface area (Å²) in [5.74, 6) is -4.10. The number of hydrogen-bond donors (Lipinski definition) is 3. The van der Waals surface area contributed by atoms with Crippen LogP contribution in [0.25, 0.3) is 0 Å². The number of Topliss-reactive ketones (excluding diaryl/α,β-unsaturated/α-hetero) is 1. The second kappa shape index (κ2) is 23.3. The number of ketones is 1. The number of carbonyl (C=O) groups excluding carboxylic acids is 3. The number of alkyl carbamates (subject to hydrolysis) is 1. The summed E-state index contributed by atoms with van der Waals surface area (Å²) in [6, 6.07) is 7.48. The number of benzene rings is 1. The molecule has 3 N–H and O–H groups in total. The van der Waals surface area contributed by atoms with Crippen molar-refractivity contribution < 1.29 is 67.2 Å². The summed E-state index contributed by atoms with van der Waals surface area (Å²) in [6.45, 7) is 18.0. The smallest absolute Gasteiger partial charge is 0.407 e. The van der Waals surface area contributed by atoms with E-state index < -0.39 is 108 Å². The first kappa shape index (κ1) is 55.3. The summed E-state index contributed by atoms with van der Waals surface area (Å²) in [5, 5.41) is 26.7.